The molecule has 1 heterocycles. The second-order valence-electron chi connectivity index (χ2n) is 4.94. The first-order chi connectivity index (χ1) is 8.45. The van der Waals surface area contributed by atoms with Crippen LogP contribution in [0.3, 0.4) is 0 Å². The predicted molar refractivity (Wildman–Crippen MR) is 74.6 cm³/mol. The second kappa shape index (κ2) is 6.38. The van der Waals surface area contributed by atoms with Crippen molar-refractivity contribution in [1.29, 1.82) is 0 Å². The van der Waals surface area contributed by atoms with Gasteiger partial charge >= 0.3 is 0 Å². The summed E-state index contributed by atoms with van der Waals surface area (Å²) in [6, 6.07) is 3.49. The maximum absolute atomic E-state index is 12.2. The van der Waals surface area contributed by atoms with Crippen LogP contribution in [0.15, 0.2) is 12.1 Å². The van der Waals surface area contributed by atoms with Crippen molar-refractivity contribution in [2.75, 3.05) is 19.3 Å². The van der Waals surface area contributed by atoms with E-state index in [1.54, 1.807) is 11.0 Å². The van der Waals surface area contributed by atoms with E-state index in [1.165, 1.54) is 0 Å². The van der Waals surface area contributed by atoms with Crippen LogP contribution in [-0.2, 0) is 0 Å². The lowest BCUT2D eigenvalue weighted by molar-refractivity contribution is 0.0793. The SMILES string of the molecule is CCCCN(C)C(=O)c1cc(N)nc(C(C)C)c1. The fourth-order valence-electron chi connectivity index (χ4n) is 1.71. The number of nitrogen functional groups attached to an aromatic ring is 1. The molecule has 0 aliphatic carbocycles. The number of pyridine rings is 1. The Hall–Kier alpha value is -1.58. The molecule has 100 valence electrons. The largest absolute Gasteiger partial charge is 0.384 e. The van der Waals surface area contributed by atoms with Crippen LogP contribution < -0.4 is 5.73 Å². The van der Waals surface area contributed by atoms with Crippen molar-refractivity contribution in [3.05, 3.63) is 23.4 Å². The van der Waals surface area contributed by atoms with E-state index in [-0.39, 0.29) is 11.8 Å². The van der Waals surface area contributed by atoms with Crippen LogP contribution in [0.2, 0.25) is 0 Å². The Morgan fingerprint density at radius 2 is 2.11 bits per heavy atom. The van der Waals surface area contributed by atoms with Gasteiger partial charge in [-0.2, -0.15) is 0 Å². The van der Waals surface area contributed by atoms with Crippen LogP contribution in [0.1, 0.15) is 55.6 Å². The highest BCUT2D eigenvalue weighted by molar-refractivity contribution is 5.94. The van der Waals surface area contributed by atoms with E-state index in [4.69, 9.17) is 5.73 Å². The van der Waals surface area contributed by atoms with Gasteiger partial charge in [-0.25, -0.2) is 4.98 Å². The van der Waals surface area contributed by atoms with E-state index in [0.717, 1.165) is 25.1 Å². The number of carbonyl (C=O) groups is 1. The van der Waals surface area contributed by atoms with E-state index >= 15 is 0 Å². The Bertz CT molecular complexity index is 416. The first kappa shape index (κ1) is 14.5. The minimum Gasteiger partial charge on any atom is -0.384 e. The standard InChI is InChI=1S/C14H23N3O/c1-5-6-7-17(4)14(18)11-8-12(10(2)3)16-13(15)9-11/h8-10H,5-7H2,1-4H3,(H2,15,16). The van der Waals surface area contributed by atoms with E-state index in [1.807, 2.05) is 27.0 Å². The van der Waals surface area contributed by atoms with Crippen LogP contribution >= 0.6 is 0 Å². The van der Waals surface area contributed by atoms with Gasteiger partial charge in [0, 0.05) is 24.8 Å². The maximum Gasteiger partial charge on any atom is 0.253 e. The van der Waals surface area contributed by atoms with E-state index < -0.39 is 0 Å². The number of hydrogen-bond acceptors (Lipinski definition) is 3. The minimum atomic E-state index is 0.0134. The second-order valence-corrected chi connectivity index (χ2v) is 4.94. The smallest absolute Gasteiger partial charge is 0.253 e. The third-order valence-corrected chi connectivity index (χ3v) is 2.90. The van der Waals surface area contributed by atoms with Crippen molar-refractivity contribution >= 4 is 11.7 Å². The van der Waals surface area contributed by atoms with Gasteiger partial charge in [0.05, 0.1) is 0 Å². The van der Waals surface area contributed by atoms with E-state index in [0.29, 0.717) is 11.4 Å². The number of aromatic nitrogens is 1. The molecule has 0 unspecified atom stereocenters. The van der Waals surface area contributed by atoms with Gasteiger partial charge in [0.15, 0.2) is 0 Å². The van der Waals surface area contributed by atoms with Gasteiger partial charge in [-0.1, -0.05) is 27.2 Å². The van der Waals surface area contributed by atoms with Gasteiger partial charge in [0.25, 0.3) is 5.91 Å². The summed E-state index contributed by atoms with van der Waals surface area (Å²) in [5, 5.41) is 0. The molecule has 0 saturated carbocycles. The van der Waals surface area contributed by atoms with Crippen molar-refractivity contribution in [3.8, 4) is 0 Å². The first-order valence-electron chi connectivity index (χ1n) is 6.48. The molecule has 1 aromatic heterocycles. The van der Waals surface area contributed by atoms with Crippen LogP contribution in [0, 0.1) is 0 Å². The summed E-state index contributed by atoms with van der Waals surface area (Å²) in [5.41, 5.74) is 7.25. The Kier molecular flexibility index (Phi) is 5.13. The van der Waals surface area contributed by atoms with Gasteiger partial charge in [-0.3, -0.25) is 4.79 Å². The molecule has 1 amide bonds. The monoisotopic (exact) mass is 249 g/mol. The molecule has 2 N–H and O–H groups in total. The molecule has 18 heavy (non-hydrogen) atoms. The van der Waals surface area contributed by atoms with E-state index in [9.17, 15) is 4.79 Å². The summed E-state index contributed by atoms with van der Waals surface area (Å²) in [4.78, 5) is 18.2. The highest BCUT2D eigenvalue weighted by atomic mass is 16.2. The number of rotatable bonds is 5. The quantitative estimate of drug-likeness (QED) is 0.872. The van der Waals surface area contributed by atoms with Crippen molar-refractivity contribution in [1.82, 2.24) is 9.88 Å². The lowest BCUT2D eigenvalue weighted by Crippen LogP contribution is -2.28. The number of unbranched alkanes of at least 4 members (excludes halogenated alkanes) is 1. The fourth-order valence-corrected chi connectivity index (χ4v) is 1.71. The fraction of sp³-hybridized carbons (Fsp3) is 0.571. The molecule has 0 aliphatic rings. The van der Waals surface area contributed by atoms with Crippen molar-refractivity contribution in [2.45, 2.75) is 39.5 Å². The highest BCUT2D eigenvalue weighted by Crippen LogP contribution is 2.17. The molecule has 1 aromatic rings. The molecule has 0 aromatic carbocycles. The van der Waals surface area contributed by atoms with Gasteiger partial charge in [-0.05, 0) is 24.5 Å². The molecular formula is C14H23N3O. The molecule has 0 aliphatic heterocycles. The molecule has 1 rings (SSSR count). The lowest BCUT2D eigenvalue weighted by Gasteiger charge is -2.17. The first-order valence-corrected chi connectivity index (χ1v) is 6.48. The normalized spacial score (nSPS) is 10.7. The summed E-state index contributed by atoms with van der Waals surface area (Å²) in [5.74, 6) is 0.689. The van der Waals surface area contributed by atoms with Crippen LogP contribution in [0.4, 0.5) is 5.82 Å². The van der Waals surface area contributed by atoms with Crippen molar-refractivity contribution in [2.24, 2.45) is 0 Å². The number of nitrogens with zero attached hydrogens (tertiary/aromatic N) is 2. The van der Waals surface area contributed by atoms with E-state index in [2.05, 4.69) is 11.9 Å². The summed E-state index contributed by atoms with van der Waals surface area (Å²) in [6.07, 6.45) is 2.09. The maximum atomic E-state index is 12.2. The van der Waals surface area contributed by atoms with Gasteiger partial charge in [0.1, 0.15) is 5.82 Å². The summed E-state index contributed by atoms with van der Waals surface area (Å²) in [6.45, 7) is 6.96. The molecule has 4 nitrogen and oxygen atoms in total. The summed E-state index contributed by atoms with van der Waals surface area (Å²) >= 11 is 0. The predicted octanol–water partition coefficient (Wildman–Crippen LogP) is 2.66. The van der Waals surface area contributed by atoms with Crippen LogP contribution in [0.5, 0.6) is 0 Å². The molecule has 0 fully saturated rings. The molecule has 0 bridgehead atoms. The zero-order chi connectivity index (χ0) is 13.7. The third kappa shape index (κ3) is 3.72. The zero-order valence-electron chi connectivity index (χ0n) is 11.7. The number of carbonyl (C=O) groups excluding carboxylic acids is 1. The Labute approximate surface area is 109 Å². The third-order valence-electron chi connectivity index (χ3n) is 2.90. The Morgan fingerprint density at radius 3 is 2.67 bits per heavy atom. The lowest BCUT2D eigenvalue weighted by atomic mass is 10.1. The Balaban J connectivity index is 2.91. The average Bonchev–Trinajstić information content (AvgIpc) is 2.34. The van der Waals surface area contributed by atoms with Crippen molar-refractivity contribution < 1.29 is 4.79 Å². The number of nitrogens with two attached hydrogens (primary N) is 1. The number of hydrogen-bond donors (Lipinski definition) is 1. The van der Waals surface area contributed by atoms with Crippen LogP contribution in [0.25, 0.3) is 0 Å². The molecule has 4 heteroatoms. The molecule has 0 spiro atoms. The molecular weight excluding hydrogens is 226 g/mol. The average molecular weight is 249 g/mol. The topological polar surface area (TPSA) is 59.2 Å². The molecule has 0 radical (unpaired) electrons. The molecule has 0 saturated heterocycles. The van der Waals surface area contributed by atoms with Crippen molar-refractivity contribution in [3.63, 3.8) is 0 Å². The van der Waals surface area contributed by atoms with Gasteiger partial charge in [0.2, 0.25) is 0 Å². The summed E-state index contributed by atoms with van der Waals surface area (Å²) in [7, 11) is 1.82. The number of anilines is 1. The minimum absolute atomic E-state index is 0.0134. The van der Waals surface area contributed by atoms with Gasteiger partial charge < -0.3 is 10.6 Å². The zero-order valence-corrected chi connectivity index (χ0v) is 11.7. The Morgan fingerprint density at radius 1 is 1.44 bits per heavy atom. The highest BCUT2D eigenvalue weighted by Gasteiger charge is 2.14. The van der Waals surface area contributed by atoms with Gasteiger partial charge in [-0.15, -0.1) is 0 Å². The number of amides is 1. The summed E-state index contributed by atoms with van der Waals surface area (Å²) < 4.78 is 0. The molecule has 0 atom stereocenters. The van der Waals surface area contributed by atoms with Crippen LogP contribution in [-0.4, -0.2) is 29.4 Å².